The minimum absolute atomic E-state index is 0.902. The van der Waals surface area contributed by atoms with Crippen molar-refractivity contribution >= 4 is 16.1 Å². The minimum Gasteiger partial charge on any atom is -0.385 e. The fourth-order valence-electron chi connectivity index (χ4n) is 1.96. The van der Waals surface area contributed by atoms with Gasteiger partial charge in [0, 0.05) is 27.4 Å². The van der Waals surface area contributed by atoms with Crippen LogP contribution in [0.5, 0.6) is 0 Å². The molecule has 0 bridgehead atoms. The third kappa shape index (κ3) is 10.1. The van der Waals surface area contributed by atoms with Crippen molar-refractivity contribution in [2.24, 2.45) is 0 Å². The van der Waals surface area contributed by atoms with Gasteiger partial charge in [0.1, 0.15) is 0 Å². The molecule has 0 amide bonds. The maximum absolute atomic E-state index is 5.14. The SMILES string of the molecule is COCCC[Si](C)(C)C=C[Si](C)(C)CCCOC. The van der Waals surface area contributed by atoms with Crippen molar-refractivity contribution in [1.29, 1.82) is 0 Å². The molecule has 0 N–H and O–H groups in total. The first kappa shape index (κ1) is 18.1. The van der Waals surface area contributed by atoms with Gasteiger partial charge in [-0.2, -0.15) is 0 Å². The second-order valence-corrected chi connectivity index (χ2v) is 16.1. The van der Waals surface area contributed by atoms with Crippen LogP contribution in [0.1, 0.15) is 12.8 Å². The first-order chi connectivity index (χ1) is 8.33. The molecule has 0 heterocycles. The quantitative estimate of drug-likeness (QED) is 0.445. The molecule has 0 aromatic rings. The molecular formula is C14H32O2Si2. The van der Waals surface area contributed by atoms with Gasteiger partial charge in [0.25, 0.3) is 0 Å². The van der Waals surface area contributed by atoms with Crippen LogP contribution in [-0.4, -0.2) is 43.6 Å². The second kappa shape index (κ2) is 9.07. The average molecular weight is 289 g/mol. The van der Waals surface area contributed by atoms with E-state index < -0.39 is 16.1 Å². The van der Waals surface area contributed by atoms with Crippen LogP contribution in [-0.2, 0) is 9.47 Å². The highest BCUT2D eigenvalue weighted by Gasteiger charge is 2.21. The van der Waals surface area contributed by atoms with Crippen molar-refractivity contribution in [2.75, 3.05) is 27.4 Å². The lowest BCUT2D eigenvalue weighted by Crippen LogP contribution is -2.28. The Kier molecular flexibility index (Phi) is 9.12. The van der Waals surface area contributed by atoms with E-state index in [0.717, 1.165) is 13.2 Å². The number of hydrogen-bond acceptors (Lipinski definition) is 2. The third-order valence-corrected chi connectivity index (χ3v) is 9.08. The van der Waals surface area contributed by atoms with E-state index in [-0.39, 0.29) is 0 Å². The summed E-state index contributed by atoms with van der Waals surface area (Å²) < 4.78 is 10.3. The lowest BCUT2D eigenvalue weighted by atomic mass is 10.5. The molecule has 0 aliphatic rings. The van der Waals surface area contributed by atoms with Gasteiger partial charge in [-0.3, -0.25) is 0 Å². The van der Waals surface area contributed by atoms with Gasteiger partial charge in [-0.25, -0.2) is 0 Å². The van der Waals surface area contributed by atoms with E-state index in [4.69, 9.17) is 9.47 Å². The highest BCUT2D eigenvalue weighted by atomic mass is 28.3. The Labute approximate surface area is 116 Å². The molecule has 0 aliphatic carbocycles. The van der Waals surface area contributed by atoms with Gasteiger partial charge in [0.05, 0.1) is 16.1 Å². The highest BCUT2D eigenvalue weighted by Crippen LogP contribution is 2.19. The van der Waals surface area contributed by atoms with Crippen molar-refractivity contribution in [1.82, 2.24) is 0 Å². The smallest absolute Gasteiger partial charge is 0.0709 e. The van der Waals surface area contributed by atoms with Crippen LogP contribution >= 0.6 is 0 Å². The van der Waals surface area contributed by atoms with E-state index >= 15 is 0 Å². The van der Waals surface area contributed by atoms with Gasteiger partial charge in [-0.15, -0.1) is 11.4 Å². The predicted octanol–water partition coefficient (Wildman–Crippen LogP) is 4.11. The summed E-state index contributed by atoms with van der Waals surface area (Å²) in [4.78, 5) is 0. The summed E-state index contributed by atoms with van der Waals surface area (Å²) in [6.45, 7) is 11.6. The first-order valence-corrected chi connectivity index (χ1v) is 13.6. The van der Waals surface area contributed by atoms with Crippen LogP contribution in [0.4, 0.5) is 0 Å². The third-order valence-electron chi connectivity index (χ3n) is 3.32. The van der Waals surface area contributed by atoms with Gasteiger partial charge in [0.15, 0.2) is 0 Å². The summed E-state index contributed by atoms with van der Waals surface area (Å²) in [5.74, 6) is 0. The predicted molar refractivity (Wildman–Crippen MR) is 86.7 cm³/mol. The lowest BCUT2D eigenvalue weighted by molar-refractivity contribution is 0.199. The number of methoxy groups -OCH3 is 2. The normalized spacial score (nSPS) is 13.4. The summed E-state index contributed by atoms with van der Waals surface area (Å²) in [7, 11) is 1.27. The average Bonchev–Trinajstić information content (AvgIpc) is 2.27. The molecular weight excluding hydrogens is 256 g/mol. The first-order valence-electron chi connectivity index (χ1n) is 7.01. The van der Waals surface area contributed by atoms with Crippen molar-refractivity contribution < 1.29 is 9.47 Å². The zero-order valence-corrected chi connectivity index (χ0v) is 15.2. The Balaban J connectivity index is 4.14. The zero-order chi connectivity index (χ0) is 14.1. The molecule has 0 atom stereocenters. The summed E-state index contributed by atoms with van der Waals surface area (Å²) >= 11 is 0. The Morgan fingerprint density at radius 3 is 1.33 bits per heavy atom. The Morgan fingerprint density at radius 1 is 0.722 bits per heavy atom. The van der Waals surface area contributed by atoms with Gasteiger partial charge >= 0.3 is 0 Å². The summed E-state index contributed by atoms with van der Waals surface area (Å²) in [6.07, 6.45) is 2.40. The van der Waals surface area contributed by atoms with E-state index in [2.05, 4.69) is 37.6 Å². The van der Waals surface area contributed by atoms with Crippen LogP contribution in [0.3, 0.4) is 0 Å². The molecule has 0 unspecified atom stereocenters. The maximum Gasteiger partial charge on any atom is 0.0709 e. The Bertz CT molecular complexity index is 214. The van der Waals surface area contributed by atoms with Crippen molar-refractivity contribution in [2.45, 2.75) is 51.1 Å². The molecule has 0 saturated heterocycles. The Hall–Kier alpha value is 0.0938. The van der Waals surface area contributed by atoms with Crippen LogP contribution < -0.4 is 0 Å². The zero-order valence-electron chi connectivity index (χ0n) is 13.2. The number of hydrogen-bond donors (Lipinski definition) is 0. The summed E-state index contributed by atoms with van der Waals surface area (Å²) in [5.41, 5.74) is 5.14. The summed E-state index contributed by atoms with van der Waals surface area (Å²) in [6, 6.07) is 2.67. The number of ether oxygens (including phenoxy) is 2. The second-order valence-electron chi connectivity index (χ2n) is 6.50. The molecule has 4 heteroatoms. The maximum atomic E-state index is 5.14. The largest absolute Gasteiger partial charge is 0.385 e. The standard InChI is InChI=1S/C14H32O2Si2/c1-15-9-7-11-17(3,4)13-14-18(5,6)12-8-10-16-2/h13-14H,7-12H2,1-6H3. The van der Waals surface area contributed by atoms with E-state index in [1.807, 2.05) is 0 Å². The van der Waals surface area contributed by atoms with Crippen LogP contribution in [0.2, 0.25) is 38.3 Å². The fraction of sp³-hybridized carbons (Fsp3) is 0.857. The summed E-state index contributed by atoms with van der Waals surface area (Å²) in [5, 5.41) is 0. The molecule has 0 radical (unpaired) electrons. The van der Waals surface area contributed by atoms with Gasteiger partial charge < -0.3 is 9.47 Å². The topological polar surface area (TPSA) is 18.5 Å². The molecule has 0 aromatic heterocycles. The van der Waals surface area contributed by atoms with E-state index in [9.17, 15) is 0 Å². The van der Waals surface area contributed by atoms with Crippen LogP contribution in [0.15, 0.2) is 11.4 Å². The van der Waals surface area contributed by atoms with Gasteiger partial charge in [-0.05, 0) is 12.8 Å². The monoisotopic (exact) mass is 288 g/mol. The Morgan fingerprint density at radius 2 is 1.06 bits per heavy atom. The molecule has 2 nitrogen and oxygen atoms in total. The fourth-order valence-corrected chi connectivity index (χ4v) is 8.02. The molecule has 18 heavy (non-hydrogen) atoms. The van der Waals surface area contributed by atoms with Crippen LogP contribution in [0.25, 0.3) is 0 Å². The molecule has 0 aliphatic heterocycles. The number of rotatable bonds is 10. The van der Waals surface area contributed by atoms with E-state index in [0.29, 0.717) is 0 Å². The van der Waals surface area contributed by atoms with Crippen molar-refractivity contribution in [3.05, 3.63) is 11.4 Å². The molecule has 108 valence electrons. The van der Waals surface area contributed by atoms with Crippen molar-refractivity contribution in [3.8, 4) is 0 Å². The molecule has 0 spiro atoms. The molecule has 0 fully saturated rings. The van der Waals surface area contributed by atoms with Crippen LogP contribution in [0, 0.1) is 0 Å². The van der Waals surface area contributed by atoms with E-state index in [1.165, 1.54) is 24.9 Å². The molecule has 0 rings (SSSR count). The molecule has 0 aromatic carbocycles. The van der Waals surface area contributed by atoms with E-state index in [1.54, 1.807) is 14.2 Å². The minimum atomic E-state index is -1.15. The van der Waals surface area contributed by atoms with Gasteiger partial charge in [-0.1, -0.05) is 38.3 Å². The van der Waals surface area contributed by atoms with Gasteiger partial charge in [0.2, 0.25) is 0 Å². The highest BCUT2D eigenvalue weighted by molar-refractivity contribution is 6.87. The molecule has 0 saturated carbocycles. The van der Waals surface area contributed by atoms with Crippen molar-refractivity contribution in [3.63, 3.8) is 0 Å². The lowest BCUT2D eigenvalue weighted by Gasteiger charge is -2.22.